The Morgan fingerprint density at radius 3 is 2.38 bits per heavy atom. The number of rotatable bonds is 4. The van der Waals surface area contributed by atoms with Crippen molar-refractivity contribution >= 4 is 5.82 Å². The van der Waals surface area contributed by atoms with Crippen molar-refractivity contribution < 1.29 is 13.5 Å². The molecule has 1 saturated carbocycles. The molecular weight excluding hydrogens is 276 g/mol. The van der Waals surface area contributed by atoms with Gasteiger partial charge in [-0.1, -0.05) is 0 Å². The summed E-state index contributed by atoms with van der Waals surface area (Å²) in [4.78, 5) is 8.82. The van der Waals surface area contributed by atoms with Gasteiger partial charge in [0.05, 0.1) is 5.56 Å². The fourth-order valence-corrected chi connectivity index (χ4v) is 2.08. The first-order valence-corrected chi connectivity index (χ1v) is 6.77. The van der Waals surface area contributed by atoms with Crippen LogP contribution in [0.2, 0.25) is 0 Å². The van der Waals surface area contributed by atoms with Gasteiger partial charge in [-0.2, -0.15) is 4.98 Å². The summed E-state index contributed by atoms with van der Waals surface area (Å²) in [7, 11) is 1.76. The molecule has 0 atom stereocenters. The van der Waals surface area contributed by atoms with Gasteiger partial charge in [0, 0.05) is 31.2 Å². The Hall–Kier alpha value is -2.24. The van der Waals surface area contributed by atoms with E-state index in [0.29, 0.717) is 29.0 Å². The Kier molecular flexibility index (Phi) is 3.45. The molecule has 4 nitrogen and oxygen atoms in total. The number of ether oxygens (including phenoxy) is 1. The molecule has 0 aliphatic heterocycles. The summed E-state index contributed by atoms with van der Waals surface area (Å²) < 4.78 is 32.0. The van der Waals surface area contributed by atoms with Crippen molar-refractivity contribution in [3.8, 4) is 11.6 Å². The molecule has 1 aromatic heterocycles. The van der Waals surface area contributed by atoms with Gasteiger partial charge in [-0.15, -0.1) is 0 Å². The second-order valence-electron chi connectivity index (χ2n) is 5.09. The van der Waals surface area contributed by atoms with E-state index >= 15 is 0 Å². The lowest BCUT2D eigenvalue weighted by molar-refractivity contribution is 0.444. The van der Waals surface area contributed by atoms with E-state index in [2.05, 4.69) is 15.3 Å². The Labute approximate surface area is 121 Å². The summed E-state index contributed by atoms with van der Waals surface area (Å²) in [6.45, 7) is 1.80. The molecule has 0 saturated heterocycles. The number of hydrogen-bond donors (Lipinski definition) is 1. The van der Waals surface area contributed by atoms with Gasteiger partial charge in [-0.25, -0.2) is 13.8 Å². The molecule has 1 heterocycles. The third kappa shape index (κ3) is 2.94. The molecule has 3 rings (SSSR count). The van der Waals surface area contributed by atoms with E-state index in [1.165, 1.54) is 0 Å². The molecule has 1 N–H and O–H groups in total. The first-order chi connectivity index (χ1) is 10.1. The summed E-state index contributed by atoms with van der Waals surface area (Å²) in [5, 5.41) is 2.99. The van der Waals surface area contributed by atoms with Crippen LogP contribution in [0.3, 0.4) is 0 Å². The van der Waals surface area contributed by atoms with E-state index in [1.54, 1.807) is 14.0 Å². The molecule has 0 amide bonds. The minimum absolute atomic E-state index is 0.0816. The van der Waals surface area contributed by atoms with Crippen LogP contribution in [0.4, 0.5) is 14.6 Å². The van der Waals surface area contributed by atoms with Crippen molar-refractivity contribution in [3.05, 3.63) is 41.2 Å². The number of hydrogen-bond acceptors (Lipinski definition) is 4. The van der Waals surface area contributed by atoms with E-state index in [0.717, 1.165) is 31.0 Å². The number of nitrogens with zero attached hydrogens (tertiary/aromatic N) is 2. The van der Waals surface area contributed by atoms with Crippen LogP contribution in [0, 0.1) is 18.6 Å². The van der Waals surface area contributed by atoms with E-state index in [1.807, 2.05) is 0 Å². The van der Waals surface area contributed by atoms with Crippen molar-refractivity contribution in [2.45, 2.75) is 25.7 Å². The molecule has 0 spiro atoms. The number of aromatic nitrogens is 2. The van der Waals surface area contributed by atoms with E-state index < -0.39 is 11.6 Å². The maximum Gasteiger partial charge on any atom is 0.227 e. The first kappa shape index (κ1) is 13.7. The molecule has 1 aliphatic carbocycles. The minimum atomic E-state index is -0.687. The maximum absolute atomic E-state index is 13.2. The molecule has 21 heavy (non-hydrogen) atoms. The second kappa shape index (κ2) is 5.27. The Balaban J connectivity index is 1.98. The largest absolute Gasteiger partial charge is 0.438 e. The van der Waals surface area contributed by atoms with Crippen LogP contribution in [0.15, 0.2) is 18.2 Å². The Morgan fingerprint density at radius 2 is 1.81 bits per heavy atom. The van der Waals surface area contributed by atoms with Crippen molar-refractivity contribution in [2.75, 3.05) is 12.4 Å². The maximum atomic E-state index is 13.2. The average Bonchev–Trinajstić information content (AvgIpc) is 3.24. The normalized spacial score (nSPS) is 14.1. The van der Waals surface area contributed by atoms with Crippen molar-refractivity contribution in [1.29, 1.82) is 0 Å². The summed E-state index contributed by atoms with van der Waals surface area (Å²) >= 11 is 0. The van der Waals surface area contributed by atoms with Crippen molar-refractivity contribution in [3.63, 3.8) is 0 Å². The number of anilines is 1. The van der Waals surface area contributed by atoms with Crippen LogP contribution >= 0.6 is 0 Å². The summed E-state index contributed by atoms with van der Waals surface area (Å²) in [5.41, 5.74) is 0.701. The first-order valence-electron chi connectivity index (χ1n) is 6.77. The summed E-state index contributed by atoms with van der Waals surface area (Å²) in [5.74, 6) is 0.750. The van der Waals surface area contributed by atoms with Gasteiger partial charge in [0.15, 0.2) is 0 Å². The number of nitrogens with one attached hydrogen (secondary N) is 1. The quantitative estimate of drug-likeness (QED) is 0.931. The van der Waals surface area contributed by atoms with E-state index in [-0.39, 0.29) is 5.75 Å². The van der Waals surface area contributed by atoms with E-state index in [9.17, 15) is 8.78 Å². The standard InChI is InChI=1S/C15H15F2N3O/c1-8-13(18-2)19-14(9-3-4-9)20-15(8)21-12-6-10(16)5-11(17)7-12/h5-7,9H,3-4H2,1-2H3,(H,18,19,20). The zero-order valence-corrected chi connectivity index (χ0v) is 11.8. The third-order valence-corrected chi connectivity index (χ3v) is 3.35. The fraction of sp³-hybridized carbons (Fsp3) is 0.333. The highest BCUT2D eigenvalue weighted by Crippen LogP contribution is 2.40. The highest BCUT2D eigenvalue weighted by Gasteiger charge is 2.28. The van der Waals surface area contributed by atoms with Gasteiger partial charge in [0.25, 0.3) is 0 Å². The third-order valence-electron chi connectivity index (χ3n) is 3.35. The SMILES string of the molecule is CNc1nc(C2CC2)nc(Oc2cc(F)cc(F)c2)c1C. The number of benzene rings is 1. The summed E-state index contributed by atoms with van der Waals surface area (Å²) in [6, 6.07) is 3.05. The molecular formula is C15H15F2N3O. The number of halogens is 2. The highest BCUT2D eigenvalue weighted by atomic mass is 19.1. The van der Waals surface area contributed by atoms with Crippen molar-refractivity contribution in [2.24, 2.45) is 0 Å². The van der Waals surface area contributed by atoms with Gasteiger partial charge < -0.3 is 10.1 Å². The molecule has 1 aromatic carbocycles. The zero-order chi connectivity index (χ0) is 15.0. The van der Waals surface area contributed by atoms with Gasteiger partial charge in [0.2, 0.25) is 5.88 Å². The smallest absolute Gasteiger partial charge is 0.227 e. The average molecular weight is 291 g/mol. The van der Waals surface area contributed by atoms with Crippen LogP contribution in [0.1, 0.15) is 30.1 Å². The van der Waals surface area contributed by atoms with Gasteiger partial charge in [0.1, 0.15) is 29.0 Å². The molecule has 2 aromatic rings. The Morgan fingerprint density at radius 1 is 1.14 bits per heavy atom. The summed E-state index contributed by atoms with van der Waals surface area (Å²) in [6.07, 6.45) is 2.11. The molecule has 6 heteroatoms. The minimum Gasteiger partial charge on any atom is -0.438 e. The topological polar surface area (TPSA) is 47.0 Å². The van der Waals surface area contributed by atoms with Gasteiger partial charge in [-0.05, 0) is 19.8 Å². The molecule has 0 radical (unpaired) electrons. The lowest BCUT2D eigenvalue weighted by Gasteiger charge is -2.12. The lowest BCUT2D eigenvalue weighted by atomic mass is 10.3. The zero-order valence-electron chi connectivity index (χ0n) is 11.8. The molecule has 0 unspecified atom stereocenters. The monoisotopic (exact) mass is 291 g/mol. The van der Waals surface area contributed by atoms with Crippen molar-refractivity contribution in [1.82, 2.24) is 9.97 Å². The fourth-order valence-electron chi connectivity index (χ4n) is 2.08. The second-order valence-corrected chi connectivity index (χ2v) is 5.09. The molecule has 1 aliphatic rings. The lowest BCUT2D eigenvalue weighted by Crippen LogP contribution is -2.04. The van der Waals surface area contributed by atoms with E-state index in [4.69, 9.17) is 4.74 Å². The Bertz CT molecular complexity index is 667. The predicted octanol–water partition coefficient (Wildman–Crippen LogP) is 3.77. The van der Waals surface area contributed by atoms with Crippen LogP contribution < -0.4 is 10.1 Å². The molecule has 110 valence electrons. The molecule has 0 bridgehead atoms. The van der Waals surface area contributed by atoms with Gasteiger partial charge >= 0.3 is 0 Å². The highest BCUT2D eigenvalue weighted by molar-refractivity contribution is 5.49. The molecule has 1 fully saturated rings. The van der Waals surface area contributed by atoms with Crippen LogP contribution in [-0.4, -0.2) is 17.0 Å². The van der Waals surface area contributed by atoms with Crippen LogP contribution in [-0.2, 0) is 0 Å². The van der Waals surface area contributed by atoms with Crippen LogP contribution in [0.25, 0.3) is 0 Å². The van der Waals surface area contributed by atoms with Crippen LogP contribution in [0.5, 0.6) is 11.6 Å². The predicted molar refractivity (Wildman–Crippen MR) is 74.7 cm³/mol. The van der Waals surface area contributed by atoms with Gasteiger partial charge in [-0.3, -0.25) is 0 Å².